The maximum Gasteiger partial charge on any atom is 0.223 e. The fourth-order valence-electron chi connectivity index (χ4n) is 1.45. The standard InChI is InChI=1S/C10H12FN5/c1-3-16-8(4-5-14-16)9-7(11)6-13-10(12-2)15-9/h4-6H,3H2,1-2H3,(H,12,13,15). The summed E-state index contributed by atoms with van der Waals surface area (Å²) in [5.74, 6) is -0.0607. The second-order valence-electron chi connectivity index (χ2n) is 3.17. The summed E-state index contributed by atoms with van der Waals surface area (Å²) in [6.45, 7) is 2.61. The number of nitrogens with one attached hydrogen (secondary N) is 1. The quantitative estimate of drug-likeness (QED) is 0.854. The van der Waals surface area contributed by atoms with Crippen molar-refractivity contribution in [3.63, 3.8) is 0 Å². The molecule has 0 aliphatic heterocycles. The van der Waals surface area contributed by atoms with E-state index in [0.717, 1.165) is 6.20 Å². The van der Waals surface area contributed by atoms with Crippen molar-refractivity contribution in [2.45, 2.75) is 13.5 Å². The van der Waals surface area contributed by atoms with Crippen molar-refractivity contribution in [1.82, 2.24) is 19.7 Å². The highest BCUT2D eigenvalue weighted by Crippen LogP contribution is 2.20. The van der Waals surface area contributed by atoms with Crippen molar-refractivity contribution in [2.24, 2.45) is 0 Å². The molecule has 2 rings (SSSR count). The average molecular weight is 221 g/mol. The van der Waals surface area contributed by atoms with E-state index in [4.69, 9.17) is 0 Å². The third-order valence-electron chi connectivity index (χ3n) is 2.23. The zero-order valence-corrected chi connectivity index (χ0v) is 9.11. The van der Waals surface area contributed by atoms with Crippen LogP contribution < -0.4 is 5.32 Å². The number of aromatic nitrogens is 4. The third-order valence-corrected chi connectivity index (χ3v) is 2.23. The molecule has 16 heavy (non-hydrogen) atoms. The predicted molar refractivity (Wildman–Crippen MR) is 58.4 cm³/mol. The van der Waals surface area contributed by atoms with E-state index in [1.807, 2.05) is 6.92 Å². The molecule has 2 aromatic rings. The Balaban J connectivity index is 2.54. The van der Waals surface area contributed by atoms with Gasteiger partial charge in [0.25, 0.3) is 0 Å². The Morgan fingerprint density at radius 3 is 3.00 bits per heavy atom. The lowest BCUT2D eigenvalue weighted by Crippen LogP contribution is -2.04. The van der Waals surface area contributed by atoms with Crippen molar-refractivity contribution in [3.8, 4) is 11.4 Å². The lowest BCUT2D eigenvalue weighted by atomic mass is 10.3. The van der Waals surface area contributed by atoms with Crippen LogP contribution in [0.15, 0.2) is 18.5 Å². The Bertz CT molecular complexity index is 494. The lowest BCUT2D eigenvalue weighted by Gasteiger charge is -2.06. The SMILES string of the molecule is CCn1nccc1-c1nc(NC)ncc1F. The number of aryl methyl sites for hydroxylation is 1. The molecule has 6 heteroatoms. The Hall–Kier alpha value is -1.98. The smallest absolute Gasteiger partial charge is 0.223 e. The Kier molecular flexibility index (Phi) is 2.80. The van der Waals surface area contributed by atoms with Crippen molar-refractivity contribution in [1.29, 1.82) is 0 Å². The zero-order valence-electron chi connectivity index (χ0n) is 9.11. The van der Waals surface area contributed by atoms with Gasteiger partial charge in [0.2, 0.25) is 5.95 Å². The fraction of sp³-hybridized carbons (Fsp3) is 0.300. The minimum atomic E-state index is -0.450. The highest BCUT2D eigenvalue weighted by Gasteiger charge is 2.12. The van der Waals surface area contributed by atoms with Gasteiger partial charge in [0.15, 0.2) is 5.82 Å². The summed E-state index contributed by atoms with van der Waals surface area (Å²) in [6.07, 6.45) is 2.78. The van der Waals surface area contributed by atoms with Crippen LogP contribution >= 0.6 is 0 Å². The highest BCUT2D eigenvalue weighted by atomic mass is 19.1. The average Bonchev–Trinajstić information content (AvgIpc) is 2.77. The molecular formula is C10H12FN5. The minimum absolute atomic E-state index is 0.263. The van der Waals surface area contributed by atoms with E-state index in [-0.39, 0.29) is 5.69 Å². The Morgan fingerprint density at radius 1 is 1.50 bits per heavy atom. The molecule has 0 radical (unpaired) electrons. The van der Waals surface area contributed by atoms with E-state index in [1.165, 1.54) is 0 Å². The van der Waals surface area contributed by atoms with Gasteiger partial charge >= 0.3 is 0 Å². The molecule has 0 fully saturated rings. The van der Waals surface area contributed by atoms with Crippen LogP contribution in [0.5, 0.6) is 0 Å². The van der Waals surface area contributed by atoms with Crippen LogP contribution in [0, 0.1) is 5.82 Å². The first kappa shape index (κ1) is 10.5. The van der Waals surface area contributed by atoms with Crippen molar-refractivity contribution < 1.29 is 4.39 Å². The van der Waals surface area contributed by atoms with Crippen LogP contribution in [0.1, 0.15) is 6.92 Å². The van der Waals surface area contributed by atoms with E-state index < -0.39 is 5.82 Å². The number of halogens is 1. The summed E-state index contributed by atoms with van der Waals surface area (Å²) in [7, 11) is 1.69. The van der Waals surface area contributed by atoms with Crippen molar-refractivity contribution >= 4 is 5.95 Å². The molecule has 1 N–H and O–H groups in total. The third kappa shape index (κ3) is 1.73. The Labute approximate surface area is 92.3 Å². The minimum Gasteiger partial charge on any atom is -0.357 e. The summed E-state index contributed by atoms with van der Waals surface area (Å²) in [4.78, 5) is 7.88. The number of hydrogen-bond acceptors (Lipinski definition) is 4. The van der Waals surface area contributed by atoms with E-state index in [9.17, 15) is 4.39 Å². The molecule has 84 valence electrons. The fourth-order valence-corrected chi connectivity index (χ4v) is 1.45. The molecule has 0 aliphatic rings. The molecule has 0 atom stereocenters. The van der Waals surface area contributed by atoms with Gasteiger partial charge in [-0.15, -0.1) is 0 Å². The summed E-state index contributed by atoms with van der Waals surface area (Å²) in [6, 6.07) is 1.73. The molecule has 5 nitrogen and oxygen atoms in total. The van der Waals surface area contributed by atoms with Crippen molar-refractivity contribution in [2.75, 3.05) is 12.4 Å². The molecule has 0 aliphatic carbocycles. The largest absolute Gasteiger partial charge is 0.357 e. The van der Waals surface area contributed by atoms with Crippen molar-refractivity contribution in [3.05, 3.63) is 24.3 Å². The molecule has 0 aromatic carbocycles. The van der Waals surface area contributed by atoms with Crippen LogP contribution in [-0.2, 0) is 6.54 Å². The second-order valence-corrected chi connectivity index (χ2v) is 3.17. The first-order chi connectivity index (χ1) is 7.76. The van der Waals surface area contributed by atoms with Gasteiger partial charge < -0.3 is 5.32 Å². The van der Waals surface area contributed by atoms with E-state index in [1.54, 1.807) is 24.0 Å². The van der Waals surface area contributed by atoms with Gasteiger partial charge in [-0.3, -0.25) is 4.68 Å². The molecule has 0 amide bonds. The molecule has 0 saturated heterocycles. The molecule has 0 saturated carbocycles. The van der Waals surface area contributed by atoms with Gasteiger partial charge in [-0.2, -0.15) is 5.10 Å². The lowest BCUT2D eigenvalue weighted by molar-refractivity contribution is 0.609. The van der Waals surface area contributed by atoms with Gasteiger partial charge in [-0.1, -0.05) is 0 Å². The first-order valence-corrected chi connectivity index (χ1v) is 4.98. The van der Waals surface area contributed by atoms with Gasteiger partial charge in [0, 0.05) is 19.8 Å². The molecule has 0 spiro atoms. The molecule has 2 heterocycles. The maximum absolute atomic E-state index is 13.6. The monoisotopic (exact) mass is 221 g/mol. The number of anilines is 1. The van der Waals surface area contributed by atoms with Gasteiger partial charge in [-0.05, 0) is 13.0 Å². The number of rotatable bonds is 3. The number of hydrogen-bond donors (Lipinski definition) is 1. The zero-order chi connectivity index (χ0) is 11.5. The van der Waals surface area contributed by atoms with E-state index in [2.05, 4.69) is 20.4 Å². The normalized spacial score (nSPS) is 10.4. The Morgan fingerprint density at radius 2 is 2.31 bits per heavy atom. The first-order valence-electron chi connectivity index (χ1n) is 4.98. The summed E-state index contributed by atoms with van der Waals surface area (Å²) in [5.41, 5.74) is 0.914. The van der Waals surface area contributed by atoms with Crippen LogP contribution in [-0.4, -0.2) is 26.8 Å². The maximum atomic E-state index is 13.6. The second kappa shape index (κ2) is 4.26. The van der Waals surface area contributed by atoms with Crippen LogP contribution in [0.2, 0.25) is 0 Å². The summed E-state index contributed by atoms with van der Waals surface area (Å²) in [5, 5.41) is 6.85. The summed E-state index contributed by atoms with van der Waals surface area (Å²) >= 11 is 0. The number of nitrogens with zero attached hydrogens (tertiary/aromatic N) is 4. The molecule has 0 bridgehead atoms. The highest BCUT2D eigenvalue weighted by molar-refractivity contribution is 5.56. The summed E-state index contributed by atoms with van der Waals surface area (Å²) < 4.78 is 15.3. The molecule has 2 aromatic heterocycles. The molecule has 0 unspecified atom stereocenters. The predicted octanol–water partition coefficient (Wildman–Crippen LogP) is 1.54. The van der Waals surface area contributed by atoms with E-state index in [0.29, 0.717) is 18.2 Å². The van der Waals surface area contributed by atoms with Crippen LogP contribution in [0.25, 0.3) is 11.4 Å². The van der Waals surface area contributed by atoms with Crippen LogP contribution in [0.4, 0.5) is 10.3 Å². The molecular weight excluding hydrogens is 209 g/mol. The van der Waals surface area contributed by atoms with Gasteiger partial charge in [0.05, 0.1) is 11.9 Å². The van der Waals surface area contributed by atoms with Crippen LogP contribution in [0.3, 0.4) is 0 Å². The topological polar surface area (TPSA) is 55.6 Å². The van der Waals surface area contributed by atoms with Gasteiger partial charge in [0.1, 0.15) is 5.69 Å². The van der Waals surface area contributed by atoms with Gasteiger partial charge in [-0.25, -0.2) is 14.4 Å². The van der Waals surface area contributed by atoms with E-state index >= 15 is 0 Å².